The Kier molecular flexibility index (Phi) is 9.13. The molecule has 2 spiro atoms. The topological polar surface area (TPSA) is 97.3 Å². The minimum Gasteiger partial charge on any atom is -0.446 e. The molecule has 248 valence electrons. The summed E-state index contributed by atoms with van der Waals surface area (Å²) in [6, 6.07) is 0. The van der Waals surface area contributed by atoms with Gasteiger partial charge < -0.3 is 29.7 Å². The molecule has 6 rings (SSSR count). The maximum Gasteiger partial charge on any atom is 0.407 e. The van der Waals surface area contributed by atoms with Crippen LogP contribution in [0.15, 0.2) is 0 Å². The third-order valence-electron chi connectivity index (χ3n) is 14.4. The van der Waals surface area contributed by atoms with Crippen molar-refractivity contribution in [2.45, 2.75) is 150 Å². The lowest BCUT2D eigenvalue weighted by molar-refractivity contribution is -0.193. The maximum absolute atomic E-state index is 12.6. The fourth-order valence-electron chi connectivity index (χ4n) is 12.8. The van der Waals surface area contributed by atoms with Crippen molar-refractivity contribution in [3.8, 4) is 0 Å². The second-order valence-electron chi connectivity index (χ2n) is 16.5. The van der Waals surface area contributed by atoms with Crippen molar-refractivity contribution in [3.63, 3.8) is 0 Å². The van der Waals surface area contributed by atoms with Gasteiger partial charge in [0.2, 0.25) is 0 Å². The van der Waals surface area contributed by atoms with Crippen molar-refractivity contribution in [1.29, 1.82) is 0 Å². The average Bonchev–Trinajstić information content (AvgIpc) is 3.34. The lowest BCUT2D eigenvalue weighted by Crippen LogP contribution is -2.55. The van der Waals surface area contributed by atoms with Gasteiger partial charge in [0, 0.05) is 25.7 Å². The van der Waals surface area contributed by atoms with E-state index in [0.717, 1.165) is 44.1 Å². The molecule has 0 aromatic rings. The molecular formula is C36H63NO6. The molecule has 12 atom stereocenters. The first kappa shape index (κ1) is 33.5. The SMILES string of the molecule is CCCNC(=O)OC1CCC23C(C)C24CCC2(C)C5CCC(C(OCC)C(C)(C)O)OC5CC2C4CC[C@H]3C1(C)C.CO. The molecule has 7 nitrogen and oxygen atoms in total. The van der Waals surface area contributed by atoms with E-state index in [1.165, 1.54) is 44.9 Å². The molecule has 0 aromatic heterocycles. The van der Waals surface area contributed by atoms with Crippen LogP contribution in [0, 0.1) is 51.2 Å². The average molecular weight is 606 g/mol. The number of amides is 1. The minimum atomic E-state index is -0.910. The Morgan fingerprint density at radius 3 is 2.33 bits per heavy atom. The molecular weight excluding hydrogens is 542 g/mol. The van der Waals surface area contributed by atoms with E-state index in [-0.39, 0.29) is 35.9 Å². The zero-order valence-corrected chi connectivity index (χ0v) is 28.7. The van der Waals surface area contributed by atoms with E-state index < -0.39 is 5.60 Å². The molecule has 6 aliphatic rings. The molecule has 43 heavy (non-hydrogen) atoms. The molecule has 5 saturated carbocycles. The Labute approximate surface area is 261 Å². The standard InChI is InChI=1S/C35H59NO5.CH4O/c1-9-19-36-30(37)41-28-15-16-35-21(3)34(35)18-17-33(8)23-11-13-25(29(39-10-2)32(6,7)38)40-26(23)20-24(33)22(34)12-14-27(35)31(28,4)5;1-2/h21-29,38H,9-20H2,1-8H3,(H,36,37);2H,1H3/t21?,22?,23?,24?,25?,26?,27-,28?,29?,33?,34?,35?;/m0./s1. The Bertz CT molecular complexity index is 1010. The van der Waals surface area contributed by atoms with Crippen LogP contribution in [-0.2, 0) is 14.2 Å². The van der Waals surface area contributed by atoms with Crippen molar-refractivity contribution >= 4 is 6.09 Å². The number of aliphatic hydroxyl groups excluding tert-OH is 1. The number of rotatable bonds is 7. The normalized spacial score (nSPS) is 46.4. The monoisotopic (exact) mass is 605 g/mol. The highest BCUT2D eigenvalue weighted by Crippen LogP contribution is 2.89. The third kappa shape index (κ3) is 4.83. The highest BCUT2D eigenvalue weighted by Gasteiger charge is 2.84. The van der Waals surface area contributed by atoms with Crippen molar-refractivity contribution in [2.75, 3.05) is 20.3 Å². The molecule has 5 aliphatic carbocycles. The van der Waals surface area contributed by atoms with Gasteiger partial charge in [-0.25, -0.2) is 4.79 Å². The van der Waals surface area contributed by atoms with Gasteiger partial charge in [-0.1, -0.05) is 34.6 Å². The lowest BCUT2D eigenvalue weighted by atomic mass is 9.46. The van der Waals surface area contributed by atoms with Crippen LogP contribution in [0.25, 0.3) is 0 Å². The van der Waals surface area contributed by atoms with Crippen LogP contribution in [0.3, 0.4) is 0 Å². The molecule has 7 heteroatoms. The minimum absolute atomic E-state index is 0.000943. The number of nitrogens with one attached hydrogen (secondary N) is 1. The Hall–Kier alpha value is -0.890. The van der Waals surface area contributed by atoms with E-state index in [0.29, 0.717) is 41.2 Å². The van der Waals surface area contributed by atoms with E-state index in [9.17, 15) is 9.90 Å². The first-order valence-electron chi connectivity index (χ1n) is 17.7. The van der Waals surface area contributed by atoms with E-state index >= 15 is 0 Å². The molecule has 1 amide bonds. The molecule has 3 N–H and O–H groups in total. The van der Waals surface area contributed by atoms with Crippen LogP contribution in [0.2, 0.25) is 0 Å². The number of carbonyl (C=O) groups is 1. The van der Waals surface area contributed by atoms with E-state index in [4.69, 9.17) is 19.3 Å². The first-order valence-corrected chi connectivity index (χ1v) is 17.7. The number of aliphatic hydroxyl groups is 2. The summed E-state index contributed by atoms with van der Waals surface area (Å²) < 4.78 is 19.1. The van der Waals surface area contributed by atoms with Crippen LogP contribution in [0.4, 0.5) is 4.79 Å². The van der Waals surface area contributed by atoms with Crippen molar-refractivity contribution < 1.29 is 29.2 Å². The van der Waals surface area contributed by atoms with Crippen molar-refractivity contribution in [3.05, 3.63) is 0 Å². The highest BCUT2D eigenvalue weighted by molar-refractivity contribution is 5.67. The van der Waals surface area contributed by atoms with Gasteiger partial charge in [0.25, 0.3) is 0 Å². The summed E-state index contributed by atoms with van der Waals surface area (Å²) in [5.41, 5.74) is 0.286. The summed E-state index contributed by atoms with van der Waals surface area (Å²) in [6.45, 7) is 19.1. The summed E-state index contributed by atoms with van der Waals surface area (Å²) in [5, 5.41) is 20.8. The summed E-state index contributed by atoms with van der Waals surface area (Å²) >= 11 is 0. The Morgan fingerprint density at radius 2 is 1.67 bits per heavy atom. The van der Waals surface area contributed by atoms with Gasteiger partial charge in [0.15, 0.2) is 0 Å². The van der Waals surface area contributed by atoms with Gasteiger partial charge in [-0.2, -0.15) is 0 Å². The van der Waals surface area contributed by atoms with Gasteiger partial charge in [-0.05, 0) is 131 Å². The van der Waals surface area contributed by atoms with Gasteiger partial charge >= 0.3 is 6.09 Å². The summed E-state index contributed by atoms with van der Waals surface area (Å²) in [7, 11) is 1.00. The number of ether oxygens (including phenoxy) is 3. The molecule has 11 unspecified atom stereocenters. The zero-order valence-electron chi connectivity index (χ0n) is 28.7. The van der Waals surface area contributed by atoms with Gasteiger partial charge in [0.05, 0.1) is 17.8 Å². The third-order valence-corrected chi connectivity index (χ3v) is 14.4. The van der Waals surface area contributed by atoms with E-state index in [1.807, 2.05) is 20.8 Å². The van der Waals surface area contributed by atoms with E-state index in [1.54, 1.807) is 0 Å². The number of hydrogen-bond donors (Lipinski definition) is 3. The first-order chi connectivity index (χ1) is 20.3. The van der Waals surface area contributed by atoms with Crippen molar-refractivity contribution in [2.24, 2.45) is 51.2 Å². The Balaban J connectivity index is 0.00000180. The highest BCUT2D eigenvalue weighted by atomic mass is 16.6. The molecule has 0 bridgehead atoms. The van der Waals surface area contributed by atoms with Gasteiger partial charge in [0.1, 0.15) is 12.2 Å². The molecule has 6 fully saturated rings. The maximum atomic E-state index is 12.6. The van der Waals surface area contributed by atoms with Gasteiger partial charge in [-0.15, -0.1) is 0 Å². The second kappa shape index (κ2) is 11.7. The van der Waals surface area contributed by atoms with Gasteiger partial charge in [-0.3, -0.25) is 0 Å². The predicted octanol–water partition coefficient (Wildman–Crippen LogP) is 6.73. The lowest BCUT2D eigenvalue weighted by Gasteiger charge is -2.59. The van der Waals surface area contributed by atoms with Crippen molar-refractivity contribution in [1.82, 2.24) is 5.32 Å². The molecule has 0 radical (unpaired) electrons. The largest absolute Gasteiger partial charge is 0.446 e. The Morgan fingerprint density at radius 1 is 0.977 bits per heavy atom. The molecule has 0 aromatic carbocycles. The molecule has 1 aliphatic heterocycles. The van der Waals surface area contributed by atoms with E-state index in [2.05, 4.69) is 39.9 Å². The number of fused-ring (bicyclic) bond motifs is 4. The van der Waals surface area contributed by atoms with Crippen LogP contribution < -0.4 is 5.32 Å². The quantitative estimate of drug-likeness (QED) is 0.298. The summed E-state index contributed by atoms with van der Waals surface area (Å²) in [4.78, 5) is 12.6. The molecule has 1 heterocycles. The van der Waals surface area contributed by atoms with Crippen LogP contribution >= 0.6 is 0 Å². The number of alkyl carbamates (subject to hydrolysis) is 1. The smallest absolute Gasteiger partial charge is 0.407 e. The van der Waals surface area contributed by atoms with Crippen LogP contribution in [0.1, 0.15) is 120 Å². The summed E-state index contributed by atoms with van der Waals surface area (Å²) in [5.74, 6) is 3.48. The molecule has 1 saturated heterocycles. The number of carbonyl (C=O) groups excluding carboxylic acids is 1. The fourth-order valence-corrected chi connectivity index (χ4v) is 12.8. The number of hydrogen-bond acceptors (Lipinski definition) is 6. The predicted molar refractivity (Wildman–Crippen MR) is 169 cm³/mol. The van der Waals surface area contributed by atoms with Crippen LogP contribution in [-0.4, -0.2) is 66.6 Å². The fraction of sp³-hybridized carbons (Fsp3) is 0.972. The second-order valence-corrected chi connectivity index (χ2v) is 16.5. The van der Waals surface area contributed by atoms with Crippen LogP contribution in [0.5, 0.6) is 0 Å². The zero-order chi connectivity index (χ0) is 31.6. The summed E-state index contributed by atoms with van der Waals surface area (Å²) in [6.07, 6.45) is 11.5.